The Bertz CT molecular complexity index is 1860. The van der Waals surface area contributed by atoms with Gasteiger partial charge in [0.2, 0.25) is 0 Å². The molecule has 0 fully saturated rings. The van der Waals surface area contributed by atoms with Crippen molar-refractivity contribution in [1.29, 1.82) is 0 Å². The summed E-state index contributed by atoms with van der Waals surface area (Å²) in [5.74, 6) is 1.92. The number of benzene rings is 4. The average Bonchev–Trinajstić information content (AvgIpc) is 3.05. The van der Waals surface area contributed by atoms with Gasteiger partial charge in [-0.3, -0.25) is 9.97 Å². The first-order valence-corrected chi connectivity index (χ1v) is 13.1. The number of aromatic nitrogens is 5. The normalized spacial score (nSPS) is 11.0. The predicted octanol–water partition coefficient (Wildman–Crippen LogP) is 8.15. The minimum Gasteiger partial charge on any atom is -0.256 e. The Hall–Kier alpha value is -5.55. The number of hydrogen-bond acceptors (Lipinski definition) is 5. The van der Waals surface area contributed by atoms with E-state index in [1.54, 1.807) is 6.20 Å². The predicted molar refractivity (Wildman–Crippen MR) is 160 cm³/mol. The zero-order valence-corrected chi connectivity index (χ0v) is 21.5. The summed E-state index contributed by atoms with van der Waals surface area (Å²) in [6.45, 7) is 0. The summed E-state index contributed by atoms with van der Waals surface area (Å²) in [5, 5.41) is 2.14. The largest absolute Gasteiger partial charge is 0.256 e. The molecule has 188 valence electrons. The molecule has 0 spiro atoms. The lowest BCUT2D eigenvalue weighted by Gasteiger charge is -2.13. The second kappa shape index (κ2) is 10.3. The number of rotatable bonds is 5. The first-order valence-electron chi connectivity index (χ1n) is 13.1. The highest BCUT2D eigenvalue weighted by molar-refractivity contribution is 6.03. The molecule has 0 aliphatic heterocycles. The molecule has 0 saturated heterocycles. The standard InChI is InChI=1S/C35H23N5/c1-3-11-24(12-4-1)33-38-34(25-13-5-2-6-14-25)40-35(39-33)30-20-19-29(27-15-7-8-16-28(27)30)32-21-18-26(23-37-32)31-17-9-10-22-36-31/h1-23H. The minimum absolute atomic E-state index is 0.633. The van der Waals surface area contributed by atoms with Gasteiger partial charge in [-0.15, -0.1) is 0 Å². The minimum atomic E-state index is 0.633. The van der Waals surface area contributed by atoms with Crippen LogP contribution in [-0.2, 0) is 0 Å². The van der Waals surface area contributed by atoms with E-state index in [1.807, 2.05) is 91.1 Å². The van der Waals surface area contributed by atoms with Crippen molar-refractivity contribution in [3.63, 3.8) is 0 Å². The SMILES string of the molecule is c1ccc(-c2nc(-c3ccccc3)nc(-c3ccc(-c4ccc(-c5ccccn5)cn4)c4ccccc34)n2)cc1. The molecule has 5 heteroatoms. The Kier molecular flexibility index (Phi) is 6.07. The van der Waals surface area contributed by atoms with Gasteiger partial charge in [0.1, 0.15) is 0 Å². The van der Waals surface area contributed by atoms with Gasteiger partial charge in [0, 0.05) is 40.2 Å². The van der Waals surface area contributed by atoms with Crippen LogP contribution in [0.25, 0.3) is 67.5 Å². The van der Waals surface area contributed by atoms with Crippen molar-refractivity contribution in [2.45, 2.75) is 0 Å². The first kappa shape index (κ1) is 23.6. The van der Waals surface area contributed by atoms with Crippen LogP contribution in [0.1, 0.15) is 0 Å². The molecule has 5 nitrogen and oxygen atoms in total. The molecule has 3 heterocycles. The smallest absolute Gasteiger partial charge is 0.164 e. The molecular formula is C35H23N5. The van der Waals surface area contributed by atoms with Crippen molar-refractivity contribution in [2.75, 3.05) is 0 Å². The molecule has 40 heavy (non-hydrogen) atoms. The van der Waals surface area contributed by atoms with E-state index in [-0.39, 0.29) is 0 Å². The third-order valence-corrected chi connectivity index (χ3v) is 6.86. The van der Waals surface area contributed by atoms with E-state index < -0.39 is 0 Å². The molecule has 0 N–H and O–H groups in total. The maximum absolute atomic E-state index is 4.95. The van der Waals surface area contributed by atoms with Crippen LogP contribution in [0.3, 0.4) is 0 Å². The fraction of sp³-hybridized carbons (Fsp3) is 0. The third kappa shape index (κ3) is 4.50. The molecule has 3 aromatic heterocycles. The number of fused-ring (bicyclic) bond motifs is 1. The molecule has 0 amide bonds. The van der Waals surface area contributed by atoms with Crippen LogP contribution < -0.4 is 0 Å². The van der Waals surface area contributed by atoms with Crippen molar-refractivity contribution < 1.29 is 0 Å². The van der Waals surface area contributed by atoms with Gasteiger partial charge in [0.15, 0.2) is 17.5 Å². The van der Waals surface area contributed by atoms with Gasteiger partial charge in [-0.25, -0.2) is 15.0 Å². The molecule has 0 aliphatic rings. The summed E-state index contributed by atoms with van der Waals surface area (Å²) in [6, 6.07) is 42.6. The fourth-order valence-corrected chi connectivity index (χ4v) is 4.88. The molecule has 7 rings (SSSR count). The van der Waals surface area contributed by atoms with E-state index in [9.17, 15) is 0 Å². The van der Waals surface area contributed by atoms with Crippen molar-refractivity contribution >= 4 is 10.8 Å². The lowest BCUT2D eigenvalue weighted by molar-refractivity contribution is 1.08. The molecule has 0 unspecified atom stereocenters. The van der Waals surface area contributed by atoms with Crippen LogP contribution in [0.15, 0.2) is 140 Å². The highest BCUT2D eigenvalue weighted by atomic mass is 15.0. The fourth-order valence-electron chi connectivity index (χ4n) is 4.88. The summed E-state index contributed by atoms with van der Waals surface area (Å²) < 4.78 is 0. The lowest BCUT2D eigenvalue weighted by atomic mass is 9.96. The van der Waals surface area contributed by atoms with Crippen LogP contribution in [0.2, 0.25) is 0 Å². The molecule has 0 atom stereocenters. The Morgan fingerprint density at radius 1 is 0.350 bits per heavy atom. The van der Waals surface area contributed by atoms with Gasteiger partial charge in [0.25, 0.3) is 0 Å². The Labute approximate surface area is 231 Å². The molecular weight excluding hydrogens is 490 g/mol. The van der Waals surface area contributed by atoms with Crippen molar-refractivity contribution in [1.82, 2.24) is 24.9 Å². The van der Waals surface area contributed by atoms with E-state index in [0.29, 0.717) is 17.5 Å². The van der Waals surface area contributed by atoms with E-state index in [4.69, 9.17) is 19.9 Å². The highest BCUT2D eigenvalue weighted by Gasteiger charge is 2.16. The summed E-state index contributed by atoms with van der Waals surface area (Å²) in [6.07, 6.45) is 3.67. The molecule has 7 aromatic rings. The van der Waals surface area contributed by atoms with Crippen molar-refractivity contribution in [3.05, 3.63) is 140 Å². The Morgan fingerprint density at radius 2 is 0.925 bits per heavy atom. The number of nitrogens with zero attached hydrogens (tertiary/aromatic N) is 5. The van der Waals surface area contributed by atoms with Crippen LogP contribution in [-0.4, -0.2) is 24.9 Å². The topological polar surface area (TPSA) is 64.5 Å². The summed E-state index contributed by atoms with van der Waals surface area (Å²) in [5.41, 5.74) is 6.67. The van der Waals surface area contributed by atoms with Gasteiger partial charge in [-0.2, -0.15) is 0 Å². The second-order valence-electron chi connectivity index (χ2n) is 9.39. The summed E-state index contributed by atoms with van der Waals surface area (Å²) in [4.78, 5) is 24.0. The van der Waals surface area contributed by atoms with Crippen molar-refractivity contribution in [3.8, 4) is 56.7 Å². The summed E-state index contributed by atoms with van der Waals surface area (Å²) >= 11 is 0. The molecule has 4 aromatic carbocycles. The van der Waals surface area contributed by atoms with Crippen LogP contribution in [0, 0.1) is 0 Å². The molecule has 0 bridgehead atoms. The third-order valence-electron chi connectivity index (χ3n) is 6.86. The van der Waals surface area contributed by atoms with E-state index in [0.717, 1.165) is 50.0 Å². The maximum atomic E-state index is 4.95. The molecule has 0 aliphatic carbocycles. The van der Waals surface area contributed by atoms with Gasteiger partial charge >= 0.3 is 0 Å². The zero-order chi connectivity index (χ0) is 26.7. The van der Waals surface area contributed by atoms with E-state index in [2.05, 4.69) is 47.4 Å². The maximum Gasteiger partial charge on any atom is 0.164 e. The molecule has 0 radical (unpaired) electrons. The van der Waals surface area contributed by atoms with Crippen molar-refractivity contribution in [2.24, 2.45) is 0 Å². The quantitative estimate of drug-likeness (QED) is 0.232. The number of hydrogen-bond donors (Lipinski definition) is 0. The van der Waals surface area contributed by atoms with Crippen LogP contribution >= 0.6 is 0 Å². The summed E-state index contributed by atoms with van der Waals surface area (Å²) in [7, 11) is 0. The average molecular weight is 514 g/mol. The van der Waals surface area contributed by atoms with Gasteiger partial charge < -0.3 is 0 Å². The van der Waals surface area contributed by atoms with Crippen LogP contribution in [0.4, 0.5) is 0 Å². The van der Waals surface area contributed by atoms with E-state index >= 15 is 0 Å². The second-order valence-corrected chi connectivity index (χ2v) is 9.39. The first-order chi connectivity index (χ1) is 19.8. The van der Waals surface area contributed by atoms with E-state index in [1.165, 1.54) is 0 Å². The van der Waals surface area contributed by atoms with Gasteiger partial charge in [-0.1, -0.05) is 97.1 Å². The lowest BCUT2D eigenvalue weighted by Crippen LogP contribution is -2.00. The zero-order valence-electron chi connectivity index (χ0n) is 21.5. The van der Waals surface area contributed by atoms with Crippen LogP contribution in [0.5, 0.6) is 0 Å². The Balaban J connectivity index is 1.37. The molecule has 0 saturated carbocycles. The Morgan fingerprint density at radius 3 is 1.52 bits per heavy atom. The number of pyridine rings is 2. The van der Waals surface area contributed by atoms with Gasteiger partial charge in [0.05, 0.1) is 11.4 Å². The highest BCUT2D eigenvalue weighted by Crippen LogP contribution is 2.35. The monoisotopic (exact) mass is 513 g/mol. The van der Waals surface area contributed by atoms with Gasteiger partial charge in [-0.05, 0) is 41.1 Å².